The molecule has 17 heavy (non-hydrogen) atoms. The van der Waals surface area contributed by atoms with Crippen LogP contribution in [0.2, 0.25) is 5.02 Å². The van der Waals surface area contributed by atoms with Crippen molar-refractivity contribution in [3.63, 3.8) is 0 Å². The van der Waals surface area contributed by atoms with E-state index in [9.17, 15) is 0 Å². The summed E-state index contributed by atoms with van der Waals surface area (Å²) in [5, 5.41) is 8.19. The molecular formula is C12H13ClIN3. The number of aromatic nitrogens is 2. The van der Waals surface area contributed by atoms with Gasteiger partial charge in [-0.05, 0) is 54.3 Å². The summed E-state index contributed by atoms with van der Waals surface area (Å²) in [4.78, 5) is 0. The molecule has 0 radical (unpaired) electrons. The van der Waals surface area contributed by atoms with Crippen LogP contribution in [0, 0.1) is 3.57 Å². The van der Waals surface area contributed by atoms with Crippen LogP contribution in [0.3, 0.4) is 0 Å². The van der Waals surface area contributed by atoms with Crippen molar-refractivity contribution in [1.29, 1.82) is 0 Å². The van der Waals surface area contributed by atoms with E-state index in [1.54, 1.807) is 0 Å². The Labute approximate surface area is 119 Å². The first-order chi connectivity index (χ1) is 8.11. The number of hydrogen-bond acceptors (Lipinski definition) is 2. The van der Waals surface area contributed by atoms with Crippen LogP contribution in [0.15, 0.2) is 30.6 Å². The second kappa shape index (κ2) is 5.37. The lowest BCUT2D eigenvalue weighted by molar-refractivity contribution is 0.652. The van der Waals surface area contributed by atoms with E-state index in [1.165, 1.54) is 0 Å². The summed E-state index contributed by atoms with van der Waals surface area (Å²) in [7, 11) is 1.92. The fraction of sp³-hybridized carbons (Fsp3) is 0.250. The Kier molecular flexibility index (Phi) is 4.06. The third-order valence-electron chi connectivity index (χ3n) is 2.70. The quantitative estimate of drug-likeness (QED) is 0.849. The minimum Gasteiger partial charge on any atom is -0.313 e. The van der Waals surface area contributed by atoms with Gasteiger partial charge in [0.2, 0.25) is 0 Å². The molecule has 1 aromatic heterocycles. The van der Waals surface area contributed by atoms with Gasteiger partial charge in [-0.25, -0.2) is 4.68 Å². The third kappa shape index (κ3) is 2.81. The highest BCUT2D eigenvalue weighted by Gasteiger charge is 2.09. The predicted octanol–water partition coefficient (Wildman–Crippen LogP) is 3.41. The van der Waals surface area contributed by atoms with Crippen LogP contribution >= 0.6 is 34.2 Å². The summed E-state index contributed by atoms with van der Waals surface area (Å²) in [6.07, 6.45) is 3.78. The summed E-state index contributed by atoms with van der Waals surface area (Å²) in [6, 6.07) is 6.24. The largest absolute Gasteiger partial charge is 0.313 e. The molecule has 1 N–H and O–H groups in total. The number of rotatable bonds is 3. The van der Waals surface area contributed by atoms with E-state index in [0.29, 0.717) is 0 Å². The second-order valence-corrected chi connectivity index (χ2v) is 5.47. The average molecular weight is 362 g/mol. The SMILES string of the molecule is CNC(C)c1ccc(-n2cc(I)cn2)cc1Cl. The molecule has 0 amide bonds. The number of benzene rings is 1. The summed E-state index contributed by atoms with van der Waals surface area (Å²) < 4.78 is 2.92. The van der Waals surface area contributed by atoms with Crippen LogP contribution < -0.4 is 5.32 Å². The molecule has 1 unspecified atom stereocenters. The van der Waals surface area contributed by atoms with Gasteiger partial charge < -0.3 is 5.32 Å². The Morgan fingerprint density at radius 2 is 2.24 bits per heavy atom. The highest BCUT2D eigenvalue weighted by molar-refractivity contribution is 14.1. The number of nitrogens with one attached hydrogen (secondary N) is 1. The first-order valence-corrected chi connectivity index (χ1v) is 6.74. The van der Waals surface area contributed by atoms with Crippen LogP contribution in [0.1, 0.15) is 18.5 Å². The van der Waals surface area contributed by atoms with Crippen molar-refractivity contribution in [2.75, 3.05) is 7.05 Å². The molecule has 0 aliphatic carbocycles. The van der Waals surface area contributed by atoms with E-state index < -0.39 is 0 Å². The molecule has 2 aromatic rings. The standard InChI is InChI=1S/C12H13ClIN3/c1-8(15-2)11-4-3-10(5-12(11)13)17-7-9(14)6-16-17/h3-8,15H,1-2H3. The Morgan fingerprint density at radius 1 is 1.47 bits per heavy atom. The Balaban J connectivity index is 2.37. The molecule has 90 valence electrons. The first kappa shape index (κ1) is 12.9. The van der Waals surface area contributed by atoms with Crippen LogP contribution in [0.25, 0.3) is 5.69 Å². The molecule has 5 heteroatoms. The van der Waals surface area contributed by atoms with E-state index in [2.05, 4.69) is 39.9 Å². The van der Waals surface area contributed by atoms with Crippen molar-refractivity contribution in [3.05, 3.63) is 44.7 Å². The molecule has 1 aromatic carbocycles. The van der Waals surface area contributed by atoms with Crippen LogP contribution in [0.5, 0.6) is 0 Å². The zero-order chi connectivity index (χ0) is 12.4. The lowest BCUT2D eigenvalue weighted by Crippen LogP contribution is -2.12. The van der Waals surface area contributed by atoms with Crippen LogP contribution in [0.4, 0.5) is 0 Å². The van der Waals surface area contributed by atoms with Gasteiger partial charge in [0.25, 0.3) is 0 Å². The predicted molar refractivity (Wildman–Crippen MR) is 78.8 cm³/mol. The lowest BCUT2D eigenvalue weighted by Gasteiger charge is -2.13. The van der Waals surface area contributed by atoms with Crippen molar-refractivity contribution in [2.45, 2.75) is 13.0 Å². The third-order valence-corrected chi connectivity index (χ3v) is 3.58. The minimum atomic E-state index is 0.245. The van der Waals surface area contributed by atoms with E-state index in [0.717, 1.165) is 19.8 Å². The highest BCUT2D eigenvalue weighted by atomic mass is 127. The Bertz CT molecular complexity index is 524. The molecule has 3 nitrogen and oxygen atoms in total. The molecule has 0 spiro atoms. The maximum Gasteiger partial charge on any atom is 0.0661 e. The smallest absolute Gasteiger partial charge is 0.0661 e. The van der Waals surface area contributed by atoms with E-state index >= 15 is 0 Å². The van der Waals surface area contributed by atoms with Gasteiger partial charge in [-0.15, -0.1) is 0 Å². The maximum atomic E-state index is 6.28. The maximum absolute atomic E-state index is 6.28. The lowest BCUT2D eigenvalue weighted by atomic mass is 10.1. The molecule has 1 heterocycles. The molecular weight excluding hydrogens is 349 g/mol. The second-order valence-electron chi connectivity index (χ2n) is 3.82. The number of hydrogen-bond donors (Lipinski definition) is 1. The van der Waals surface area contributed by atoms with Gasteiger partial charge in [0.05, 0.1) is 15.5 Å². The summed E-state index contributed by atoms with van der Waals surface area (Å²) >= 11 is 8.51. The summed E-state index contributed by atoms with van der Waals surface area (Å²) in [6.45, 7) is 2.08. The summed E-state index contributed by atoms with van der Waals surface area (Å²) in [5.41, 5.74) is 2.07. The van der Waals surface area contributed by atoms with Gasteiger partial charge in [0.1, 0.15) is 0 Å². The van der Waals surface area contributed by atoms with E-state index in [1.807, 2.05) is 42.3 Å². The van der Waals surface area contributed by atoms with Gasteiger partial charge in [-0.2, -0.15) is 5.10 Å². The van der Waals surface area contributed by atoms with Gasteiger partial charge in [-0.3, -0.25) is 0 Å². The Hall–Kier alpha value is -0.590. The highest BCUT2D eigenvalue weighted by Crippen LogP contribution is 2.25. The monoisotopic (exact) mass is 361 g/mol. The zero-order valence-corrected chi connectivity index (χ0v) is 12.5. The van der Waals surface area contributed by atoms with Gasteiger partial charge >= 0.3 is 0 Å². The molecule has 0 bridgehead atoms. The van der Waals surface area contributed by atoms with Crippen molar-refractivity contribution in [3.8, 4) is 5.69 Å². The molecule has 1 atom stereocenters. The molecule has 0 aliphatic heterocycles. The van der Waals surface area contributed by atoms with Crippen molar-refractivity contribution >= 4 is 34.2 Å². The number of nitrogens with zero attached hydrogens (tertiary/aromatic N) is 2. The Morgan fingerprint density at radius 3 is 2.76 bits per heavy atom. The van der Waals surface area contributed by atoms with Gasteiger partial charge in [-0.1, -0.05) is 17.7 Å². The molecule has 0 saturated heterocycles. The summed E-state index contributed by atoms with van der Waals surface area (Å²) in [5.74, 6) is 0. The first-order valence-electron chi connectivity index (χ1n) is 5.29. The normalized spacial score (nSPS) is 12.7. The van der Waals surface area contributed by atoms with Crippen molar-refractivity contribution < 1.29 is 0 Å². The van der Waals surface area contributed by atoms with Crippen LogP contribution in [-0.4, -0.2) is 16.8 Å². The van der Waals surface area contributed by atoms with E-state index in [4.69, 9.17) is 11.6 Å². The number of halogens is 2. The van der Waals surface area contributed by atoms with Gasteiger partial charge in [0.15, 0.2) is 0 Å². The zero-order valence-electron chi connectivity index (χ0n) is 9.61. The molecule has 0 fully saturated rings. The fourth-order valence-electron chi connectivity index (χ4n) is 1.61. The molecule has 0 saturated carbocycles. The fourth-order valence-corrected chi connectivity index (χ4v) is 2.33. The van der Waals surface area contributed by atoms with Crippen LogP contribution in [-0.2, 0) is 0 Å². The topological polar surface area (TPSA) is 29.9 Å². The molecule has 2 rings (SSSR count). The van der Waals surface area contributed by atoms with E-state index in [-0.39, 0.29) is 6.04 Å². The van der Waals surface area contributed by atoms with Crippen molar-refractivity contribution in [1.82, 2.24) is 15.1 Å². The molecule has 0 aliphatic rings. The van der Waals surface area contributed by atoms with Gasteiger partial charge in [0, 0.05) is 17.3 Å². The van der Waals surface area contributed by atoms with Crippen molar-refractivity contribution in [2.24, 2.45) is 0 Å². The average Bonchev–Trinajstić information content (AvgIpc) is 2.75. The minimum absolute atomic E-state index is 0.245.